The second-order valence-electron chi connectivity index (χ2n) is 3.69. The van der Waals surface area contributed by atoms with E-state index in [1.165, 1.54) is 0 Å². The Morgan fingerprint density at radius 3 is 2.79 bits per heavy atom. The number of aromatic nitrogens is 2. The van der Waals surface area contributed by atoms with Crippen molar-refractivity contribution in [3.05, 3.63) is 22.1 Å². The van der Waals surface area contributed by atoms with Gasteiger partial charge in [-0.3, -0.25) is 4.90 Å². The highest BCUT2D eigenvalue weighted by Crippen LogP contribution is 2.26. The first-order valence-corrected chi connectivity index (χ1v) is 4.46. The number of aryl methyl sites for hydroxylation is 1. The van der Waals surface area contributed by atoms with Gasteiger partial charge >= 0.3 is 5.82 Å². The molecule has 0 aliphatic carbocycles. The number of nitro groups is 1. The Morgan fingerprint density at radius 2 is 2.29 bits per heavy atom. The number of likely N-dealkylation sites (tertiary alicyclic amines) is 1. The lowest BCUT2D eigenvalue weighted by Crippen LogP contribution is -2.44. The van der Waals surface area contributed by atoms with E-state index in [4.69, 9.17) is 0 Å². The van der Waals surface area contributed by atoms with Gasteiger partial charge in [-0.25, -0.2) is 9.55 Å². The summed E-state index contributed by atoms with van der Waals surface area (Å²) in [5.41, 5.74) is 0.490. The van der Waals surface area contributed by atoms with E-state index in [9.17, 15) is 10.1 Å². The zero-order chi connectivity index (χ0) is 10.3. The van der Waals surface area contributed by atoms with Crippen LogP contribution in [0, 0.1) is 17.0 Å². The summed E-state index contributed by atoms with van der Waals surface area (Å²) in [6.07, 6.45) is 1.56. The van der Waals surface area contributed by atoms with E-state index < -0.39 is 0 Å². The fraction of sp³-hybridized carbons (Fsp3) is 0.625. The molecule has 0 N–H and O–H groups in total. The van der Waals surface area contributed by atoms with E-state index >= 15 is 0 Å². The highest BCUT2D eigenvalue weighted by Gasteiger charge is 2.33. The van der Waals surface area contributed by atoms with Crippen molar-refractivity contribution in [3.8, 4) is 0 Å². The third-order valence-corrected chi connectivity index (χ3v) is 2.56. The number of imidazole rings is 1. The van der Waals surface area contributed by atoms with Crippen molar-refractivity contribution in [3.63, 3.8) is 0 Å². The number of rotatable bonds is 2. The predicted octanol–water partition coefficient (Wildman–Crippen LogP) is 0.586. The fourth-order valence-corrected chi connectivity index (χ4v) is 1.78. The van der Waals surface area contributed by atoms with Crippen LogP contribution in [0.4, 0.5) is 5.82 Å². The van der Waals surface area contributed by atoms with E-state index in [0.717, 1.165) is 13.1 Å². The molecule has 0 atom stereocenters. The van der Waals surface area contributed by atoms with Crippen molar-refractivity contribution in [1.82, 2.24) is 14.5 Å². The van der Waals surface area contributed by atoms with Gasteiger partial charge in [0.2, 0.25) is 0 Å². The molecule has 0 spiro atoms. The van der Waals surface area contributed by atoms with Gasteiger partial charge in [0.15, 0.2) is 6.33 Å². The lowest BCUT2D eigenvalue weighted by Gasteiger charge is -2.33. The first-order chi connectivity index (χ1) is 6.59. The zero-order valence-electron chi connectivity index (χ0n) is 8.17. The van der Waals surface area contributed by atoms with Gasteiger partial charge in [0.05, 0.1) is 0 Å². The van der Waals surface area contributed by atoms with Crippen LogP contribution in [-0.2, 0) is 0 Å². The Kier molecular flexibility index (Phi) is 1.99. The van der Waals surface area contributed by atoms with E-state index in [1.54, 1.807) is 17.8 Å². The van der Waals surface area contributed by atoms with Crippen molar-refractivity contribution in [2.75, 3.05) is 20.1 Å². The molecule has 1 fully saturated rings. The van der Waals surface area contributed by atoms with Gasteiger partial charge < -0.3 is 10.1 Å². The molecule has 6 nitrogen and oxygen atoms in total. The molecule has 1 aliphatic heterocycles. The predicted molar refractivity (Wildman–Crippen MR) is 50.2 cm³/mol. The van der Waals surface area contributed by atoms with Crippen LogP contribution in [0.5, 0.6) is 0 Å². The number of hydrogen-bond donors (Lipinski definition) is 0. The first-order valence-electron chi connectivity index (χ1n) is 4.46. The van der Waals surface area contributed by atoms with E-state index in [0.29, 0.717) is 5.69 Å². The molecule has 76 valence electrons. The summed E-state index contributed by atoms with van der Waals surface area (Å²) in [6.45, 7) is 3.38. The van der Waals surface area contributed by atoms with Gasteiger partial charge in [0.1, 0.15) is 11.7 Å². The minimum Gasteiger partial charge on any atom is -0.358 e. The minimum absolute atomic E-state index is 0.128. The van der Waals surface area contributed by atoms with Crippen molar-refractivity contribution in [1.29, 1.82) is 0 Å². The third kappa shape index (κ3) is 1.27. The normalized spacial score (nSPS) is 18.1. The van der Waals surface area contributed by atoms with Crippen molar-refractivity contribution in [2.24, 2.45) is 0 Å². The van der Waals surface area contributed by atoms with Gasteiger partial charge in [0.25, 0.3) is 0 Å². The summed E-state index contributed by atoms with van der Waals surface area (Å²) >= 11 is 0. The molecule has 14 heavy (non-hydrogen) atoms. The summed E-state index contributed by atoms with van der Waals surface area (Å²) in [6, 6.07) is 0.210. The Hall–Kier alpha value is -1.43. The van der Waals surface area contributed by atoms with E-state index in [-0.39, 0.29) is 16.8 Å². The zero-order valence-corrected chi connectivity index (χ0v) is 8.17. The van der Waals surface area contributed by atoms with Crippen LogP contribution in [0.15, 0.2) is 6.33 Å². The van der Waals surface area contributed by atoms with Crippen LogP contribution in [0.3, 0.4) is 0 Å². The van der Waals surface area contributed by atoms with Crippen LogP contribution in [0.25, 0.3) is 0 Å². The number of hydrogen-bond acceptors (Lipinski definition) is 4. The minimum atomic E-state index is -0.360. The summed E-state index contributed by atoms with van der Waals surface area (Å²) in [5.74, 6) is 0.128. The van der Waals surface area contributed by atoms with Crippen molar-refractivity contribution >= 4 is 5.82 Å². The maximum atomic E-state index is 10.8. The van der Waals surface area contributed by atoms with Crippen LogP contribution in [0.1, 0.15) is 11.7 Å². The quantitative estimate of drug-likeness (QED) is 0.513. The summed E-state index contributed by atoms with van der Waals surface area (Å²) in [4.78, 5) is 16.5. The van der Waals surface area contributed by atoms with E-state index in [2.05, 4.69) is 9.88 Å². The van der Waals surface area contributed by atoms with Crippen molar-refractivity contribution < 1.29 is 4.92 Å². The van der Waals surface area contributed by atoms with Gasteiger partial charge in [-0.1, -0.05) is 0 Å². The fourth-order valence-electron chi connectivity index (χ4n) is 1.78. The molecule has 1 saturated heterocycles. The van der Waals surface area contributed by atoms with Crippen LogP contribution >= 0.6 is 0 Å². The topological polar surface area (TPSA) is 64.2 Å². The molecule has 1 aliphatic rings. The largest absolute Gasteiger partial charge is 0.358 e. The smallest absolute Gasteiger partial charge is 0.345 e. The molecule has 6 heteroatoms. The third-order valence-electron chi connectivity index (χ3n) is 2.56. The highest BCUT2D eigenvalue weighted by molar-refractivity contribution is 5.27. The molecule has 2 heterocycles. The second kappa shape index (κ2) is 3.06. The monoisotopic (exact) mass is 196 g/mol. The average molecular weight is 196 g/mol. The maximum absolute atomic E-state index is 10.8. The molecule has 0 unspecified atom stereocenters. The standard InChI is InChI=1S/C8H12N4O2/c1-6-8(12(13)14)11(5-9-6)7-3-10(2)4-7/h5,7H,3-4H2,1-2H3. The van der Waals surface area contributed by atoms with Gasteiger partial charge in [-0.2, -0.15) is 0 Å². The van der Waals surface area contributed by atoms with Gasteiger partial charge in [-0.15, -0.1) is 0 Å². The molecule has 2 rings (SSSR count). The molecular formula is C8H12N4O2. The molecule has 0 bridgehead atoms. The summed E-state index contributed by atoms with van der Waals surface area (Å²) < 4.78 is 1.66. The molecule has 0 amide bonds. The molecular weight excluding hydrogens is 184 g/mol. The lowest BCUT2D eigenvalue weighted by atomic mass is 10.1. The summed E-state index contributed by atoms with van der Waals surface area (Å²) in [7, 11) is 1.99. The van der Waals surface area contributed by atoms with Crippen molar-refractivity contribution in [2.45, 2.75) is 13.0 Å². The number of likely N-dealkylation sites (N-methyl/N-ethyl adjacent to an activating group) is 1. The molecule has 1 aromatic rings. The lowest BCUT2D eigenvalue weighted by molar-refractivity contribution is -0.393. The first kappa shape index (κ1) is 9.14. The Morgan fingerprint density at radius 1 is 1.64 bits per heavy atom. The Balaban J connectivity index is 2.30. The maximum Gasteiger partial charge on any atom is 0.345 e. The highest BCUT2D eigenvalue weighted by atomic mass is 16.6. The number of nitrogens with zero attached hydrogens (tertiary/aromatic N) is 4. The molecule has 0 aromatic carbocycles. The SMILES string of the molecule is Cc1ncn(C2CN(C)C2)c1[N+](=O)[O-]. The average Bonchev–Trinajstić information content (AvgIpc) is 2.41. The Labute approximate surface area is 81.3 Å². The van der Waals surface area contributed by atoms with Crippen LogP contribution in [-0.4, -0.2) is 39.5 Å². The molecule has 1 aromatic heterocycles. The van der Waals surface area contributed by atoms with Crippen LogP contribution < -0.4 is 0 Å². The summed E-state index contributed by atoms with van der Waals surface area (Å²) in [5, 5.41) is 10.8. The Bertz CT molecular complexity index is 367. The molecule has 0 radical (unpaired) electrons. The van der Waals surface area contributed by atoms with E-state index in [1.807, 2.05) is 7.05 Å². The van der Waals surface area contributed by atoms with Gasteiger partial charge in [-0.05, 0) is 18.9 Å². The second-order valence-corrected chi connectivity index (χ2v) is 3.69. The molecule has 0 saturated carbocycles. The van der Waals surface area contributed by atoms with Crippen LogP contribution in [0.2, 0.25) is 0 Å². The van der Waals surface area contributed by atoms with Gasteiger partial charge in [0, 0.05) is 13.1 Å².